The second-order valence-electron chi connectivity index (χ2n) is 5.24. The third-order valence-corrected chi connectivity index (χ3v) is 5.07. The van der Waals surface area contributed by atoms with E-state index in [0.29, 0.717) is 25.3 Å². The molecule has 7 nitrogen and oxygen atoms in total. The molecule has 23 heavy (non-hydrogen) atoms. The number of ether oxygens (including phenoxy) is 1. The standard InChI is InChI=1S/C15H24N2O5S/c1-4-5-14(15(18)19)16-10-11-22-12-6-8-13(9-7-12)23(20,21)17(2)3/h6-9,14,16H,4-5,10-11H2,1-3H3,(H,18,19). The van der Waals surface area contributed by atoms with Gasteiger partial charge < -0.3 is 15.2 Å². The Kier molecular flexibility index (Phi) is 7.47. The number of carboxylic acids is 1. The number of rotatable bonds is 10. The highest BCUT2D eigenvalue weighted by atomic mass is 32.2. The molecule has 0 saturated heterocycles. The van der Waals surface area contributed by atoms with Crippen LogP contribution in [0.2, 0.25) is 0 Å². The number of carboxylic acid groups (broad SMARTS) is 1. The largest absolute Gasteiger partial charge is 0.492 e. The number of nitrogens with zero attached hydrogens (tertiary/aromatic N) is 1. The third kappa shape index (κ3) is 5.81. The lowest BCUT2D eigenvalue weighted by atomic mass is 10.2. The fourth-order valence-corrected chi connectivity index (χ4v) is 2.82. The second-order valence-corrected chi connectivity index (χ2v) is 7.39. The molecule has 0 aliphatic heterocycles. The van der Waals surface area contributed by atoms with E-state index in [1.807, 2.05) is 6.92 Å². The summed E-state index contributed by atoms with van der Waals surface area (Å²) in [5.74, 6) is -0.336. The van der Waals surface area contributed by atoms with Gasteiger partial charge in [0.15, 0.2) is 0 Å². The Morgan fingerprint density at radius 2 is 1.91 bits per heavy atom. The van der Waals surface area contributed by atoms with Crippen LogP contribution in [0.25, 0.3) is 0 Å². The van der Waals surface area contributed by atoms with E-state index in [1.54, 1.807) is 12.1 Å². The minimum absolute atomic E-state index is 0.196. The molecule has 0 aliphatic rings. The highest BCUT2D eigenvalue weighted by Gasteiger charge is 2.17. The molecule has 0 spiro atoms. The van der Waals surface area contributed by atoms with Gasteiger partial charge in [0.1, 0.15) is 18.4 Å². The molecule has 1 atom stereocenters. The number of aliphatic carboxylic acids is 1. The van der Waals surface area contributed by atoms with Gasteiger partial charge in [-0.3, -0.25) is 4.79 Å². The maximum Gasteiger partial charge on any atom is 0.320 e. The van der Waals surface area contributed by atoms with Crippen LogP contribution >= 0.6 is 0 Å². The number of nitrogens with one attached hydrogen (secondary N) is 1. The van der Waals surface area contributed by atoms with Crippen LogP contribution in [-0.4, -0.2) is 57.1 Å². The van der Waals surface area contributed by atoms with Crippen molar-refractivity contribution in [3.63, 3.8) is 0 Å². The van der Waals surface area contributed by atoms with Gasteiger partial charge in [-0.1, -0.05) is 13.3 Å². The minimum Gasteiger partial charge on any atom is -0.492 e. The van der Waals surface area contributed by atoms with Crippen molar-refractivity contribution < 1.29 is 23.1 Å². The highest BCUT2D eigenvalue weighted by molar-refractivity contribution is 7.89. The van der Waals surface area contributed by atoms with Gasteiger partial charge in [0.25, 0.3) is 0 Å². The van der Waals surface area contributed by atoms with Gasteiger partial charge in [0, 0.05) is 20.6 Å². The lowest BCUT2D eigenvalue weighted by Crippen LogP contribution is -2.38. The van der Waals surface area contributed by atoms with E-state index in [-0.39, 0.29) is 4.90 Å². The summed E-state index contributed by atoms with van der Waals surface area (Å²) in [5.41, 5.74) is 0. The molecule has 1 aromatic rings. The van der Waals surface area contributed by atoms with E-state index in [9.17, 15) is 13.2 Å². The van der Waals surface area contributed by atoms with Crippen LogP contribution in [0.1, 0.15) is 19.8 Å². The molecule has 8 heteroatoms. The van der Waals surface area contributed by atoms with Crippen molar-refractivity contribution in [1.29, 1.82) is 0 Å². The van der Waals surface area contributed by atoms with Crippen LogP contribution in [0.5, 0.6) is 5.75 Å². The molecule has 0 aromatic heterocycles. The van der Waals surface area contributed by atoms with Crippen molar-refractivity contribution >= 4 is 16.0 Å². The quantitative estimate of drug-likeness (QED) is 0.618. The van der Waals surface area contributed by atoms with E-state index in [1.165, 1.54) is 26.2 Å². The van der Waals surface area contributed by atoms with Gasteiger partial charge in [-0.05, 0) is 30.7 Å². The van der Waals surface area contributed by atoms with E-state index >= 15 is 0 Å². The van der Waals surface area contributed by atoms with E-state index in [4.69, 9.17) is 9.84 Å². The average Bonchev–Trinajstić information content (AvgIpc) is 2.50. The van der Waals surface area contributed by atoms with Crippen LogP contribution in [0.15, 0.2) is 29.2 Å². The molecule has 0 saturated carbocycles. The molecule has 1 rings (SSSR count). The van der Waals surface area contributed by atoms with E-state index in [0.717, 1.165) is 10.7 Å². The molecular weight excluding hydrogens is 320 g/mol. The van der Waals surface area contributed by atoms with Gasteiger partial charge in [0.2, 0.25) is 10.0 Å². The molecule has 0 bridgehead atoms. The summed E-state index contributed by atoms with van der Waals surface area (Å²) in [7, 11) is -0.500. The highest BCUT2D eigenvalue weighted by Crippen LogP contribution is 2.17. The molecule has 1 aromatic carbocycles. The molecule has 1 unspecified atom stereocenters. The van der Waals surface area contributed by atoms with Gasteiger partial charge in [-0.15, -0.1) is 0 Å². The van der Waals surface area contributed by atoms with Crippen molar-refractivity contribution in [3.8, 4) is 5.75 Å². The van der Waals surface area contributed by atoms with Gasteiger partial charge in [-0.25, -0.2) is 12.7 Å². The number of benzene rings is 1. The van der Waals surface area contributed by atoms with Gasteiger partial charge >= 0.3 is 5.97 Å². The molecule has 0 radical (unpaired) electrons. The zero-order valence-corrected chi connectivity index (χ0v) is 14.5. The van der Waals surface area contributed by atoms with Crippen LogP contribution in [-0.2, 0) is 14.8 Å². The van der Waals surface area contributed by atoms with Gasteiger partial charge in [-0.2, -0.15) is 0 Å². The third-order valence-electron chi connectivity index (χ3n) is 3.24. The number of hydrogen-bond acceptors (Lipinski definition) is 5. The summed E-state index contributed by atoms with van der Waals surface area (Å²) in [5, 5.41) is 11.9. The summed E-state index contributed by atoms with van der Waals surface area (Å²) >= 11 is 0. The number of carbonyl (C=O) groups is 1. The summed E-state index contributed by atoms with van der Waals surface area (Å²) in [4.78, 5) is 11.2. The van der Waals surface area contributed by atoms with Crippen LogP contribution in [0.3, 0.4) is 0 Å². The fraction of sp³-hybridized carbons (Fsp3) is 0.533. The Labute approximate surface area is 137 Å². The van der Waals surface area contributed by atoms with Crippen molar-refractivity contribution in [2.75, 3.05) is 27.2 Å². The lowest BCUT2D eigenvalue weighted by Gasteiger charge is -2.14. The summed E-state index contributed by atoms with van der Waals surface area (Å²) in [6, 6.07) is 5.55. The second kappa shape index (κ2) is 8.85. The first-order valence-corrected chi connectivity index (χ1v) is 8.84. The molecular formula is C15H24N2O5S. The Morgan fingerprint density at radius 1 is 1.30 bits per heavy atom. The predicted molar refractivity (Wildman–Crippen MR) is 87.1 cm³/mol. The number of sulfonamides is 1. The van der Waals surface area contributed by atoms with Crippen molar-refractivity contribution in [3.05, 3.63) is 24.3 Å². The van der Waals surface area contributed by atoms with Crippen molar-refractivity contribution in [2.24, 2.45) is 0 Å². The smallest absolute Gasteiger partial charge is 0.320 e. The predicted octanol–water partition coefficient (Wildman–Crippen LogP) is 1.16. The maximum absolute atomic E-state index is 11.9. The van der Waals surface area contributed by atoms with Crippen LogP contribution < -0.4 is 10.1 Å². The SMILES string of the molecule is CCCC(NCCOc1ccc(S(=O)(=O)N(C)C)cc1)C(=O)O. The number of hydrogen-bond donors (Lipinski definition) is 2. The average molecular weight is 344 g/mol. The Bertz CT molecular complexity index is 599. The van der Waals surface area contributed by atoms with E-state index in [2.05, 4.69) is 5.32 Å². The van der Waals surface area contributed by atoms with E-state index < -0.39 is 22.0 Å². The summed E-state index contributed by atoms with van der Waals surface area (Å²) < 4.78 is 30.5. The molecule has 0 amide bonds. The van der Waals surface area contributed by atoms with Crippen molar-refractivity contribution in [1.82, 2.24) is 9.62 Å². The summed E-state index contributed by atoms with van der Waals surface area (Å²) in [6.07, 6.45) is 1.35. The summed E-state index contributed by atoms with van der Waals surface area (Å²) in [6.45, 7) is 2.62. The molecule has 0 aliphatic carbocycles. The monoisotopic (exact) mass is 344 g/mol. The van der Waals surface area contributed by atoms with Crippen LogP contribution in [0.4, 0.5) is 0 Å². The molecule has 130 valence electrons. The fourth-order valence-electron chi connectivity index (χ4n) is 1.92. The van der Waals surface area contributed by atoms with Crippen molar-refractivity contribution in [2.45, 2.75) is 30.7 Å². The normalized spacial score (nSPS) is 13.0. The Balaban J connectivity index is 2.49. The van der Waals surface area contributed by atoms with Crippen LogP contribution in [0, 0.1) is 0 Å². The first kappa shape index (κ1) is 19.4. The minimum atomic E-state index is -3.45. The Hall–Kier alpha value is -1.64. The molecule has 0 heterocycles. The molecule has 2 N–H and O–H groups in total. The first-order chi connectivity index (χ1) is 10.8. The zero-order valence-electron chi connectivity index (χ0n) is 13.7. The first-order valence-electron chi connectivity index (χ1n) is 7.40. The van der Waals surface area contributed by atoms with Gasteiger partial charge in [0.05, 0.1) is 4.90 Å². The lowest BCUT2D eigenvalue weighted by molar-refractivity contribution is -0.139. The molecule has 0 fully saturated rings. The topological polar surface area (TPSA) is 95.9 Å². The Morgan fingerprint density at radius 3 is 2.39 bits per heavy atom. The maximum atomic E-state index is 11.9. The zero-order chi connectivity index (χ0) is 17.5.